The highest BCUT2D eigenvalue weighted by Gasteiger charge is 2.09. The van der Waals surface area contributed by atoms with E-state index in [2.05, 4.69) is 26.0 Å². The standard InChI is InChI=1S/C17H14BrF2NO2/c18-14-6-3-4-12(10-14)8-9-16(22)21-11-13-5-1-2-7-15(13)23-17(19)20/h1-10,17H,11H2,(H,21,22)/b9-8+. The Morgan fingerprint density at radius 1 is 1.22 bits per heavy atom. The SMILES string of the molecule is O=C(/C=C/c1cccc(Br)c1)NCc1ccccc1OC(F)F. The fourth-order valence-corrected chi connectivity index (χ4v) is 2.30. The molecule has 0 bridgehead atoms. The smallest absolute Gasteiger partial charge is 0.387 e. The third-order valence-electron chi connectivity index (χ3n) is 2.92. The maximum Gasteiger partial charge on any atom is 0.387 e. The first kappa shape index (κ1) is 17.1. The molecule has 0 aliphatic rings. The van der Waals surface area contributed by atoms with Gasteiger partial charge in [0.15, 0.2) is 0 Å². The molecule has 23 heavy (non-hydrogen) atoms. The average Bonchev–Trinajstić information content (AvgIpc) is 2.51. The number of nitrogens with one attached hydrogen (secondary N) is 1. The van der Waals surface area contributed by atoms with Gasteiger partial charge in [0, 0.05) is 22.7 Å². The molecule has 0 radical (unpaired) electrons. The van der Waals surface area contributed by atoms with Crippen LogP contribution in [-0.2, 0) is 11.3 Å². The van der Waals surface area contributed by atoms with Gasteiger partial charge >= 0.3 is 6.61 Å². The van der Waals surface area contributed by atoms with Crippen molar-refractivity contribution in [2.45, 2.75) is 13.2 Å². The lowest BCUT2D eigenvalue weighted by molar-refractivity contribution is -0.116. The van der Waals surface area contributed by atoms with Gasteiger partial charge < -0.3 is 10.1 Å². The van der Waals surface area contributed by atoms with Crippen LogP contribution in [0.2, 0.25) is 0 Å². The molecule has 2 aromatic carbocycles. The van der Waals surface area contributed by atoms with Gasteiger partial charge in [-0.05, 0) is 29.8 Å². The highest BCUT2D eigenvalue weighted by atomic mass is 79.9. The van der Waals surface area contributed by atoms with Gasteiger partial charge in [-0.3, -0.25) is 4.79 Å². The Kier molecular flexibility index (Phi) is 6.29. The number of carbonyl (C=O) groups is 1. The van der Waals surface area contributed by atoms with E-state index in [0.29, 0.717) is 5.56 Å². The van der Waals surface area contributed by atoms with E-state index in [-0.39, 0.29) is 18.2 Å². The summed E-state index contributed by atoms with van der Waals surface area (Å²) in [5.41, 5.74) is 1.35. The van der Waals surface area contributed by atoms with E-state index in [4.69, 9.17) is 0 Å². The summed E-state index contributed by atoms with van der Waals surface area (Å²) in [5.74, 6) is -0.268. The number of hydrogen-bond acceptors (Lipinski definition) is 2. The van der Waals surface area contributed by atoms with Gasteiger partial charge in [-0.15, -0.1) is 0 Å². The number of para-hydroxylation sites is 1. The number of benzene rings is 2. The van der Waals surface area contributed by atoms with Gasteiger partial charge in [0.1, 0.15) is 5.75 Å². The fourth-order valence-electron chi connectivity index (χ4n) is 1.88. The van der Waals surface area contributed by atoms with Crippen molar-refractivity contribution in [2.75, 3.05) is 0 Å². The minimum Gasteiger partial charge on any atom is -0.434 e. The predicted molar refractivity (Wildman–Crippen MR) is 88.1 cm³/mol. The highest BCUT2D eigenvalue weighted by Crippen LogP contribution is 2.20. The van der Waals surface area contributed by atoms with Crippen LogP contribution in [0.4, 0.5) is 8.78 Å². The number of ether oxygens (including phenoxy) is 1. The zero-order chi connectivity index (χ0) is 16.7. The number of alkyl halides is 2. The van der Waals surface area contributed by atoms with Crippen molar-refractivity contribution in [3.63, 3.8) is 0 Å². The Labute approximate surface area is 141 Å². The lowest BCUT2D eigenvalue weighted by atomic mass is 10.2. The van der Waals surface area contributed by atoms with Crippen molar-refractivity contribution in [3.8, 4) is 5.75 Å². The van der Waals surface area contributed by atoms with E-state index >= 15 is 0 Å². The molecule has 2 aromatic rings. The van der Waals surface area contributed by atoms with Crippen molar-refractivity contribution in [1.29, 1.82) is 0 Å². The fraction of sp³-hybridized carbons (Fsp3) is 0.118. The van der Waals surface area contributed by atoms with Gasteiger partial charge in [0.25, 0.3) is 0 Å². The molecule has 0 heterocycles. The van der Waals surface area contributed by atoms with Crippen LogP contribution in [0.5, 0.6) is 5.75 Å². The normalized spacial score (nSPS) is 11.0. The first-order valence-corrected chi connectivity index (χ1v) is 7.58. The van der Waals surface area contributed by atoms with Crippen LogP contribution in [-0.4, -0.2) is 12.5 Å². The quantitative estimate of drug-likeness (QED) is 0.754. The lowest BCUT2D eigenvalue weighted by Crippen LogP contribution is -2.21. The van der Waals surface area contributed by atoms with Crippen molar-refractivity contribution in [3.05, 3.63) is 70.2 Å². The number of halogens is 3. The van der Waals surface area contributed by atoms with Gasteiger partial charge in [0.2, 0.25) is 5.91 Å². The van der Waals surface area contributed by atoms with Crippen LogP contribution >= 0.6 is 15.9 Å². The second-order valence-electron chi connectivity index (χ2n) is 4.59. The van der Waals surface area contributed by atoms with Crippen LogP contribution in [0.25, 0.3) is 6.08 Å². The van der Waals surface area contributed by atoms with Crippen LogP contribution in [0.1, 0.15) is 11.1 Å². The Hall–Kier alpha value is -2.21. The number of carbonyl (C=O) groups excluding carboxylic acids is 1. The molecule has 0 atom stereocenters. The Morgan fingerprint density at radius 3 is 2.74 bits per heavy atom. The molecule has 0 unspecified atom stereocenters. The number of rotatable bonds is 6. The van der Waals surface area contributed by atoms with Crippen molar-refractivity contribution in [2.24, 2.45) is 0 Å². The van der Waals surface area contributed by atoms with Crippen molar-refractivity contribution >= 4 is 27.9 Å². The summed E-state index contributed by atoms with van der Waals surface area (Å²) in [6.45, 7) is -2.80. The first-order chi connectivity index (χ1) is 11.0. The summed E-state index contributed by atoms with van der Waals surface area (Å²) in [4.78, 5) is 11.8. The minimum absolute atomic E-state index is 0.0544. The number of amides is 1. The van der Waals surface area contributed by atoms with Gasteiger partial charge in [-0.2, -0.15) is 8.78 Å². The predicted octanol–water partition coefficient (Wildman–Crippen LogP) is 4.38. The van der Waals surface area contributed by atoms with Crippen LogP contribution in [0.15, 0.2) is 59.1 Å². The van der Waals surface area contributed by atoms with E-state index in [1.807, 2.05) is 24.3 Å². The zero-order valence-electron chi connectivity index (χ0n) is 12.0. The molecule has 0 aliphatic heterocycles. The minimum atomic E-state index is -2.90. The summed E-state index contributed by atoms with van der Waals surface area (Å²) in [7, 11) is 0. The molecule has 0 fully saturated rings. The molecular weight excluding hydrogens is 368 g/mol. The third-order valence-corrected chi connectivity index (χ3v) is 3.41. The van der Waals surface area contributed by atoms with Gasteiger partial charge in [0.05, 0.1) is 0 Å². The molecule has 2 rings (SSSR count). The summed E-state index contributed by atoms with van der Waals surface area (Å²) >= 11 is 3.35. The summed E-state index contributed by atoms with van der Waals surface area (Å²) in [5, 5.41) is 2.64. The second-order valence-corrected chi connectivity index (χ2v) is 5.51. The average molecular weight is 382 g/mol. The molecule has 0 aliphatic carbocycles. The van der Waals surface area contributed by atoms with E-state index in [1.54, 1.807) is 24.3 Å². The van der Waals surface area contributed by atoms with Crippen molar-refractivity contribution in [1.82, 2.24) is 5.32 Å². The summed E-state index contributed by atoms with van der Waals surface area (Å²) in [6.07, 6.45) is 3.06. The topological polar surface area (TPSA) is 38.3 Å². The maximum absolute atomic E-state index is 12.3. The van der Waals surface area contributed by atoms with E-state index in [9.17, 15) is 13.6 Å². The number of hydrogen-bond donors (Lipinski definition) is 1. The van der Waals surface area contributed by atoms with Crippen LogP contribution < -0.4 is 10.1 Å². The molecule has 0 saturated heterocycles. The monoisotopic (exact) mass is 381 g/mol. The zero-order valence-corrected chi connectivity index (χ0v) is 13.6. The molecule has 6 heteroatoms. The molecule has 0 spiro atoms. The molecule has 0 saturated carbocycles. The van der Waals surface area contributed by atoms with E-state index in [0.717, 1.165) is 10.0 Å². The first-order valence-electron chi connectivity index (χ1n) is 6.79. The maximum atomic E-state index is 12.3. The third kappa shape index (κ3) is 5.83. The molecule has 3 nitrogen and oxygen atoms in total. The molecular formula is C17H14BrF2NO2. The van der Waals surface area contributed by atoms with Gasteiger partial charge in [-0.25, -0.2) is 0 Å². The largest absolute Gasteiger partial charge is 0.434 e. The summed E-state index contributed by atoms with van der Waals surface area (Å²) in [6, 6.07) is 13.8. The Balaban J connectivity index is 1.94. The van der Waals surface area contributed by atoms with Crippen molar-refractivity contribution < 1.29 is 18.3 Å². The van der Waals surface area contributed by atoms with E-state index < -0.39 is 6.61 Å². The Morgan fingerprint density at radius 2 is 2.00 bits per heavy atom. The molecule has 120 valence electrons. The highest BCUT2D eigenvalue weighted by molar-refractivity contribution is 9.10. The van der Waals surface area contributed by atoms with Crippen LogP contribution in [0, 0.1) is 0 Å². The molecule has 1 amide bonds. The van der Waals surface area contributed by atoms with Crippen LogP contribution in [0.3, 0.4) is 0 Å². The second kappa shape index (κ2) is 8.43. The van der Waals surface area contributed by atoms with Gasteiger partial charge in [-0.1, -0.05) is 46.3 Å². The Bertz CT molecular complexity index is 704. The summed E-state index contributed by atoms with van der Waals surface area (Å²) < 4.78 is 30.0. The lowest BCUT2D eigenvalue weighted by Gasteiger charge is -2.10. The molecule has 0 aromatic heterocycles. The molecule has 1 N–H and O–H groups in total. The van der Waals surface area contributed by atoms with E-state index in [1.165, 1.54) is 12.1 Å².